The van der Waals surface area contributed by atoms with Gasteiger partial charge in [-0.1, -0.05) is 0 Å². The van der Waals surface area contributed by atoms with Gasteiger partial charge in [-0.15, -0.1) is 0 Å². The summed E-state index contributed by atoms with van der Waals surface area (Å²) in [6.07, 6.45) is -4.49. The largest absolute Gasteiger partial charge is 0.467 e. The van der Waals surface area contributed by atoms with E-state index in [0.717, 1.165) is 12.1 Å². The minimum Gasteiger partial charge on any atom is -0.467 e. The zero-order chi connectivity index (χ0) is 14.6. The Morgan fingerprint density at radius 2 is 1.95 bits per heavy atom. The number of nitrogens with one attached hydrogen (secondary N) is 2. The van der Waals surface area contributed by atoms with Crippen molar-refractivity contribution in [1.29, 1.82) is 0 Å². The Bertz CT molecular complexity index is 463. The third-order valence-corrected chi connectivity index (χ3v) is 2.33. The summed E-state index contributed by atoms with van der Waals surface area (Å²) in [6.45, 7) is 1.47. The molecule has 0 amide bonds. The number of ether oxygens (including phenoxy) is 1. The fraction of sp³-hybridized carbons (Fsp3) is 0.455. The van der Waals surface area contributed by atoms with Crippen molar-refractivity contribution in [3.8, 4) is 0 Å². The summed E-state index contributed by atoms with van der Waals surface area (Å²) in [7, 11) is 2.65. The molecular formula is C11H14F3N3O2. The SMILES string of the molecule is CNc1cc(C(F)(F)F)cc(NC(C)C(=O)OC)n1. The van der Waals surface area contributed by atoms with E-state index in [4.69, 9.17) is 0 Å². The molecule has 0 aliphatic rings. The number of hydrogen-bond acceptors (Lipinski definition) is 5. The summed E-state index contributed by atoms with van der Waals surface area (Å²) in [4.78, 5) is 15.1. The third-order valence-electron chi connectivity index (χ3n) is 2.33. The van der Waals surface area contributed by atoms with Crippen LogP contribution in [0.25, 0.3) is 0 Å². The third kappa shape index (κ3) is 4.01. The molecule has 106 valence electrons. The molecule has 1 aromatic heterocycles. The molecule has 1 heterocycles. The predicted octanol–water partition coefficient (Wildman–Crippen LogP) is 2.12. The normalized spacial score (nSPS) is 12.7. The maximum Gasteiger partial charge on any atom is 0.416 e. The monoisotopic (exact) mass is 277 g/mol. The van der Waals surface area contributed by atoms with Gasteiger partial charge in [0.1, 0.15) is 17.7 Å². The van der Waals surface area contributed by atoms with Crippen LogP contribution in [0.3, 0.4) is 0 Å². The Morgan fingerprint density at radius 1 is 1.37 bits per heavy atom. The Balaban J connectivity index is 3.04. The van der Waals surface area contributed by atoms with Crippen LogP contribution in [-0.2, 0) is 15.7 Å². The lowest BCUT2D eigenvalue weighted by molar-refractivity contribution is -0.141. The van der Waals surface area contributed by atoms with Gasteiger partial charge in [-0.05, 0) is 19.1 Å². The van der Waals surface area contributed by atoms with Crippen LogP contribution < -0.4 is 10.6 Å². The minimum absolute atomic E-state index is 0.0504. The van der Waals surface area contributed by atoms with Crippen LogP contribution in [0.1, 0.15) is 12.5 Å². The van der Waals surface area contributed by atoms with E-state index in [1.165, 1.54) is 21.1 Å². The molecule has 0 aliphatic carbocycles. The highest BCUT2D eigenvalue weighted by Crippen LogP contribution is 2.32. The average molecular weight is 277 g/mol. The molecule has 1 atom stereocenters. The van der Waals surface area contributed by atoms with Crippen molar-refractivity contribution >= 4 is 17.6 Å². The van der Waals surface area contributed by atoms with Crippen LogP contribution in [0.15, 0.2) is 12.1 Å². The number of nitrogens with zero attached hydrogens (tertiary/aromatic N) is 1. The lowest BCUT2D eigenvalue weighted by Gasteiger charge is -2.15. The number of anilines is 2. The number of rotatable bonds is 4. The van der Waals surface area contributed by atoms with Crippen LogP contribution in [0.4, 0.5) is 24.8 Å². The molecule has 1 rings (SSSR count). The first-order chi connectivity index (χ1) is 8.77. The second kappa shape index (κ2) is 5.77. The summed E-state index contributed by atoms with van der Waals surface area (Å²) >= 11 is 0. The van der Waals surface area contributed by atoms with Crippen molar-refractivity contribution in [1.82, 2.24) is 4.98 Å². The number of hydrogen-bond donors (Lipinski definition) is 2. The van der Waals surface area contributed by atoms with E-state index in [2.05, 4.69) is 20.4 Å². The zero-order valence-electron chi connectivity index (χ0n) is 10.6. The van der Waals surface area contributed by atoms with Gasteiger partial charge in [0.15, 0.2) is 0 Å². The second-order valence-electron chi connectivity index (χ2n) is 3.76. The van der Waals surface area contributed by atoms with Crippen LogP contribution in [0.2, 0.25) is 0 Å². The van der Waals surface area contributed by atoms with Crippen molar-refractivity contribution in [3.05, 3.63) is 17.7 Å². The maximum absolute atomic E-state index is 12.7. The fourth-order valence-electron chi connectivity index (χ4n) is 1.35. The molecule has 0 radical (unpaired) electrons. The van der Waals surface area contributed by atoms with Gasteiger partial charge in [0.25, 0.3) is 0 Å². The lowest BCUT2D eigenvalue weighted by Crippen LogP contribution is -2.27. The highest BCUT2D eigenvalue weighted by Gasteiger charge is 2.32. The van der Waals surface area contributed by atoms with Crippen LogP contribution in [0, 0.1) is 0 Å². The molecule has 0 saturated carbocycles. The number of aromatic nitrogens is 1. The Morgan fingerprint density at radius 3 is 2.42 bits per heavy atom. The van der Waals surface area contributed by atoms with Gasteiger partial charge in [-0.2, -0.15) is 13.2 Å². The van der Waals surface area contributed by atoms with Crippen molar-refractivity contribution in [3.63, 3.8) is 0 Å². The molecule has 2 N–H and O–H groups in total. The van der Waals surface area contributed by atoms with E-state index < -0.39 is 23.8 Å². The van der Waals surface area contributed by atoms with Gasteiger partial charge in [-0.3, -0.25) is 0 Å². The molecule has 1 unspecified atom stereocenters. The van der Waals surface area contributed by atoms with E-state index >= 15 is 0 Å². The Hall–Kier alpha value is -1.99. The van der Waals surface area contributed by atoms with Crippen molar-refractivity contribution in [2.45, 2.75) is 19.1 Å². The maximum atomic E-state index is 12.7. The summed E-state index contributed by atoms with van der Waals surface area (Å²) in [6, 6.07) is 0.916. The molecule has 19 heavy (non-hydrogen) atoms. The smallest absolute Gasteiger partial charge is 0.416 e. The number of methoxy groups -OCH3 is 1. The summed E-state index contributed by atoms with van der Waals surface area (Å²) < 4.78 is 42.5. The zero-order valence-corrected chi connectivity index (χ0v) is 10.6. The molecule has 0 aliphatic heterocycles. The molecule has 0 fully saturated rings. The van der Waals surface area contributed by atoms with E-state index in [-0.39, 0.29) is 11.6 Å². The predicted molar refractivity (Wildman–Crippen MR) is 63.9 cm³/mol. The van der Waals surface area contributed by atoms with Gasteiger partial charge in [0.2, 0.25) is 0 Å². The number of pyridine rings is 1. The molecule has 0 bridgehead atoms. The van der Waals surface area contributed by atoms with Gasteiger partial charge < -0.3 is 15.4 Å². The van der Waals surface area contributed by atoms with E-state index in [1.54, 1.807) is 0 Å². The number of carbonyl (C=O) groups excluding carboxylic acids is 1. The molecule has 0 aromatic carbocycles. The van der Waals surface area contributed by atoms with Crippen LogP contribution >= 0.6 is 0 Å². The van der Waals surface area contributed by atoms with Crippen molar-refractivity contribution in [2.75, 3.05) is 24.8 Å². The van der Waals surface area contributed by atoms with Gasteiger partial charge >= 0.3 is 12.1 Å². The van der Waals surface area contributed by atoms with E-state index in [0.29, 0.717) is 0 Å². The number of halogens is 3. The van der Waals surface area contributed by atoms with Crippen LogP contribution in [0.5, 0.6) is 0 Å². The van der Waals surface area contributed by atoms with Gasteiger partial charge in [0, 0.05) is 7.05 Å². The first-order valence-corrected chi connectivity index (χ1v) is 5.39. The lowest BCUT2D eigenvalue weighted by atomic mass is 10.2. The second-order valence-corrected chi connectivity index (χ2v) is 3.76. The van der Waals surface area contributed by atoms with Crippen LogP contribution in [-0.4, -0.2) is 31.2 Å². The standard InChI is InChI=1S/C11H14F3N3O2/c1-6(10(18)19-3)16-9-5-7(11(12,13)14)4-8(15-2)17-9/h4-6H,1-3H3,(H2,15,16,17). The van der Waals surface area contributed by atoms with Gasteiger partial charge in [-0.25, -0.2) is 9.78 Å². The number of carbonyl (C=O) groups is 1. The summed E-state index contributed by atoms with van der Waals surface area (Å²) in [5.74, 6) is -0.600. The number of alkyl halides is 3. The summed E-state index contributed by atoms with van der Waals surface area (Å²) in [5, 5.41) is 5.08. The number of esters is 1. The Labute approximate surface area is 108 Å². The Kier molecular flexibility index (Phi) is 4.57. The fourth-order valence-corrected chi connectivity index (χ4v) is 1.35. The minimum atomic E-state index is -4.49. The topological polar surface area (TPSA) is 63.2 Å². The van der Waals surface area contributed by atoms with Gasteiger partial charge in [0.05, 0.1) is 12.7 Å². The van der Waals surface area contributed by atoms with Crippen molar-refractivity contribution < 1.29 is 22.7 Å². The molecule has 5 nitrogen and oxygen atoms in total. The molecule has 8 heteroatoms. The first-order valence-electron chi connectivity index (χ1n) is 5.39. The quantitative estimate of drug-likeness (QED) is 0.825. The summed E-state index contributed by atoms with van der Waals surface area (Å²) in [5.41, 5.74) is -0.855. The van der Waals surface area contributed by atoms with E-state index in [1.807, 2.05) is 0 Å². The highest BCUT2D eigenvalue weighted by atomic mass is 19.4. The molecule has 1 aromatic rings. The molecule has 0 spiro atoms. The average Bonchev–Trinajstić information content (AvgIpc) is 2.36. The highest BCUT2D eigenvalue weighted by molar-refractivity contribution is 5.78. The molecular weight excluding hydrogens is 263 g/mol. The first kappa shape index (κ1) is 15.1. The van der Waals surface area contributed by atoms with E-state index in [9.17, 15) is 18.0 Å². The molecule has 0 saturated heterocycles. The van der Waals surface area contributed by atoms with Crippen molar-refractivity contribution in [2.24, 2.45) is 0 Å².